The van der Waals surface area contributed by atoms with E-state index in [2.05, 4.69) is 0 Å². The molecule has 4 nitrogen and oxygen atoms in total. The summed E-state index contributed by atoms with van der Waals surface area (Å²) < 4.78 is 34.5. The minimum absolute atomic E-state index is 0. The Labute approximate surface area is 71.2 Å². The summed E-state index contributed by atoms with van der Waals surface area (Å²) in [5.74, 6) is 0. The maximum absolute atomic E-state index is 8.62. The molecular formula is HCaO4Ti-. The van der Waals surface area contributed by atoms with E-state index in [-0.39, 0.29) is 39.2 Å². The van der Waals surface area contributed by atoms with Crippen molar-refractivity contribution in [3.63, 3.8) is 0 Å². The summed E-state index contributed by atoms with van der Waals surface area (Å²) in [6, 6.07) is 0. The van der Waals surface area contributed by atoms with E-state index in [4.69, 9.17) is 14.8 Å². The first-order chi connectivity index (χ1) is 2.00. The predicted octanol–water partition coefficient (Wildman–Crippen LogP) is -5.03. The van der Waals surface area contributed by atoms with Crippen molar-refractivity contribution in [2.45, 2.75) is 0 Å². The van der Waals surface area contributed by atoms with Crippen LogP contribution in [0.3, 0.4) is 0 Å². The molecule has 0 fully saturated rings. The van der Waals surface area contributed by atoms with Gasteiger partial charge in [-0.1, -0.05) is 0 Å². The normalized spacial score (nSPS) is 10.0. The van der Waals surface area contributed by atoms with Crippen LogP contribution in [-0.2, 0) is 18.1 Å². The zero-order valence-corrected chi connectivity index (χ0v) is 6.61. The van der Waals surface area contributed by atoms with Crippen molar-refractivity contribution >= 4 is 37.7 Å². The molecule has 0 aliphatic heterocycles. The number of rotatable bonds is 0. The molecule has 0 bridgehead atoms. The fourth-order valence-corrected chi connectivity index (χ4v) is 0. The molecule has 0 saturated carbocycles. The maximum atomic E-state index is 8.62. The molecule has 0 saturated heterocycles. The Morgan fingerprint density at radius 1 is 1.00 bits per heavy atom. The Morgan fingerprint density at radius 2 is 1.00 bits per heavy atom. The first kappa shape index (κ1) is 10.7. The van der Waals surface area contributed by atoms with Gasteiger partial charge in [0.25, 0.3) is 0 Å². The summed E-state index contributed by atoms with van der Waals surface area (Å²) in [7, 11) is 0. The van der Waals surface area contributed by atoms with Gasteiger partial charge in [0.15, 0.2) is 0 Å². The van der Waals surface area contributed by atoms with E-state index in [1.165, 1.54) is 0 Å². The molecular weight excluding hydrogens is 152 g/mol. The van der Waals surface area contributed by atoms with Crippen LogP contribution in [0.1, 0.15) is 1.43 Å². The zero-order chi connectivity index (χ0) is 4.50. The van der Waals surface area contributed by atoms with Crippen LogP contribution in [0.15, 0.2) is 0 Å². The van der Waals surface area contributed by atoms with Crippen molar-refractivity contribution in [1.29, 1.82) is 0 Å². The molecule has 0 rings (SSSR count). The second kappa shape index (κ2) is 3.77. The van der Waals surface area contributed by atoms with Crippen LogP contribution in [-0.4, -0.2) is 37.7 Å². The SMILES string of the molecule is [Ca+2].[H+].[O-][Ti]([O-])([O-])[O-]. The molecule has 0 aliphatic carbocycles. The molecule has 6 heteroatoms. The van der Waals surface area contributed by atoms with E-state index in [1.54, 1.807) is 0 Å². The van der Waals surface area contributed by atoms with Crippen LogP contribution in [0, 0.1) is 0 Å². The second-order valence-electron chi connectivity index (χ2n) is 0.500. The van der Waals surface area contributed by atoms with Gasteiger partial charge in [-0.2, -0.15) is 0 Å². The van der Waals surface area contributed by atoms with E-state index in [9.17, 15) is 0 Å². The third-order valence-corrected chi connectivity index (χ3v) is 0. The van der Waals surface area contributed by atoms with Crippen LogP contribution in [0.2, 0.25) is 0 Å². The molecule has 0 unspecified atom stereocenters. The molecule has 0 heterocycles. The van der Waals surface area contributed by atoms with E-state index < -0.39 is 18.1 Å². The van der Waals surface area contributed by atoms with Gasteiger partial charge in [0.1, 0.15) is 0 Å². The summed E-state index contributed by atoms with van der Waals surface area (Å²) in [5, 5.41) is 0. The molecule has 0 N–H and O–H groups in total. The molecule has 0 aromatic carbocycles. The van der Waals surface area contributed by atoms with Gasteiger partial charge >= 0.3 is 72.1 Å². The summed E-state index contributed by atoms with van der Waals surface area (Å²) in [6.07, 6.45) is 0. The summed E-state index contributed by atoms with van der Waals surface area (Å²) in [6.45, 7) is 0. The Hall–Kier alpha value is 1.81. The van der Waals surface area contributed by atoms with Crippen molar-refractivity contribution in [3.8, 4) is 0 Å². The van der Waals surface area contributed by atoms with E-state index in [1.807, 2.05) is 0 Å². The average molecular weight is 153 g/mol. The van der Waals surface area contributed by atoms with Gasteiger partial charge in [-0.15, -0.1) is 0 Å². The third kappa shape index (κ3) is 40.9. The van der Waals surface area contributed by atoms with Crippen molar-refractivity contribution < 1.29 is 34.3 Å². The average Bonchev–Trinajstić information content (AvgIpc) is 0.722. The van der Waals surface area contributed by atoms with Crippen molar-refractivity contribution in [2.24, 2.45) is 0 Å². The van der Waals surface area contributed by atoms with Gasteiger partial charge in [0, 0.05) is 0 Å². The van der Waals surface area contributed by atoms with Gasteiger partial charge in [0.2, 0.25) is 0 Å². The van der Waals surface area contributed by atoms with E-state index in [0.29, 0.717) is 0 Å². The number of hydrogen-bond acceptors (Lipinski definition) is 4. The van der Waals surface area contributed by atoms with Crippen LogP contribution in [0.25, 0.3) is 0 Å². The predicted molar refractivity (Wildman–Crippen MR) is 6.87 cm³/mol. The topological polar surface area (TPSA) is 92.2 Å². The van der Waals surface area contributed by atoms with Gasteiger partial charge in [0.05, 0.1) is 0 Å². The molecule has 0 atom stereocenters. The van der Waals surface area contributed by atoms with Gasteiger partial charge < -0.3 is 0 Å². The molecule has 0 radical (unpaired) electrons. The summed E-state index contributed by atoms with van der Waals surface area (Å²) in [5.41, 5.74) is 0. The Bertz CT molecular complexity index is 27.2. The minimum atomic E-state index is -6.00. The van der Waals surface area contributed by atoms with Crippen LogP contribution >= 0.6 is 0 Å². The Morgan fingerprint density at radius 3 is 1.00 bits per heavy atom. The molecule has 0 aromatic rings. The molecule has 32 valence electrons. The molecule has 0 amide bonds. The Balaban J connectivity index is -0.0000000800. The van der Waals surface area contributed by atoms with Crippen LogP contribution < -0.4 is 14.8 Å². The summed E-state index contributed by atoms with van der Waals surface area (Å²) >= 11 is -6.00. The van der Waals surface area contributed by atoms with Crippen molar-refractivity contribution in [3.05, 3.63) is 0 Å². The first-order valence-corrected chi connectivity index (χ1v) is 3.37. The fraction of sp³-hybridized carbons (Fsp3) is 0. The van der Waals surface area contributed by atoms with Crippen molar-refractivity contribution in [2.75, 3.05) is 0 Å². The van der Waals surface area contributed by atoms with Crippen LogP contribution in [0.5, 0.6) is 0 Å². The molecule has 0 spiro atoms. The standard InChI is InChI=1S/Ca.4O.Ti/q+2;4*-1;/p+1. The fourth-order valence-electron chi connectivity index (χ4n) is 0. The third-order valence-electron chi connectivity index (χ3n) is 0. The zero-order valence-electron chi connectivity index (χ0n) is 3.84. The Kier molecular flexibility index (Phi) is 6.75. The molecule has 0 aromatic heterocycles. The van der Waals surface area contributed by atoms with E-state index >= 15 is 0 Å². The van der Waals surface area contributed by atoms with E-state index in [0.717, 1.165) is 0 Å². The second-order valence-corrected chi connectivity index (χ2v) is 2.06. The van der Waals surface area contributed by atoms with Crippen LogP contribution in [0.4, 0.5) is 0 Å². The first-order valence-electron chi connectivity index (χ1n) is 0.816. The quantitative estimate of drug-likeness (QED) is 0.325. The summed E-state index contributed by atoms with van der Waals surface area (Å²) in [4.78, 5) is 0. The van der Waals surface area contributed by atoms with Crippen molar-refractivity contribution in [1.82, 2.24) is 0 Å². The van der Waals surface area contributed by atoms with Gasteiger partial charge in [-0.25, -0.2) is 0 Å². The molecule has 6 heavy (non-hydrogen) atoms. The monoisotopic (exact) mass is 153 g/mol. The molecule has 0 aliphatic rings. The van der Waals surface area contributed by atoms with Gasteiger partial charge in [-0.3, -0.25) is 0 Å². The van der Waals surface area contributed by atoms with Gasteiger partial charge in [-0.05, 0) is 0 Å². The number of hydrogen-bond donors (Lipinski definition) is 0.